The van der Waals surface area contributed by atoms with Crippen molar-refractivity contribution in [2.45, 2.75) is 32.2 Å². The molecular formula is C12H26N4O2S. The second kappa shape index (κ2) is 6.49. The van der Waals surface area contributed by atoms with Crippen LogP contribution >= 0.6 is 0 Å². The first kappa shape index (κ1) is 15.2. The lowest BCUT2D eigenvalue weighted by Gasteiger charge is -2.39. The van der Waals surface area contributed by atoms with E-state index in [0.29, 0.717) is 26.2 Å². The number of nitrogens with zero attached hydrogens (tertiary/aromatic N) is 3. The maximum Gasteiger partial charge on any atom is 0.282 e. The Balaban J connectivity index is 1.97. The smallest absolute Gasteiger partial charge is 0.282 e. The largest absolute Gasteiger partial charge is 0.329 e. The number of hydrogen-bond acceptors (Lipinski definition) is 4. The topological polar surface area (TPSA) is 69.9 Å². The van der Waals surface area contributed by atoms with Crippen molar-refractivity contribution in [2.24, 2.45) is 5.73 Å². The molecular weight excluding hydrogens is 264 g/mol. The molecule has 2 rings (SSSR count). The molecule has 0 bridgehead atoms. The number of piperazine rings is 1. The number of hydrogen-bond donors (Lipinski definition) is 1. The Morgan fingerprint density at radius 2 is 1.79 bits per heavy atom. The molecule has 0 aromatic carbocycles. The second-order valence-corrected chi connectivity index (χ2v) is 7.37. The lowest BCUT2D eigenvalue weighted by atomic mass is 10.1. The molecule has 0 aromatic heterocycles. The highest BCUT2D eigenvalue weighted by molar-refractivity contribution is 7.86. The fourth-order valence-corrected chi connectivity index (χ4v) is 4.77. The average molecular weight is 290 g/mol. The van der Waals surface area contributed by atoms with Crippen molar-refractivity contribution >= 4 is 10.2 Å². The van der Waals surface area contributed by atoms with Gasteiger partial charge in [-0.2, -0.15) is 17.0 Å². The molecule has 1 unspecified atom stereocenters. The molecule has 2 heterocycles. The van der Waals surface area contributed by atoms with Crippen molar-refractivity contribution in [3.8, 4) is 0 Å². The quantitative estimate of drug-likeness (QED) is 0.770. The van der Waals surface area contributed by atoms with Gasteiger partial charge in [0.05, 0.1) is 0 Å². The minimum absolute atomic E-state index is 0.140. The maximum atomic E-state index is 12.6. The van der Waals surface area contributed by atoms with E-state index in [2.05, 4.69) is 4.90 Å². The average Bonchev–Trinajstić information content (AvgIpc) is 2.40. The lowest BCUT2D eigenvalue weighted by molar-refractivity contribution is 0.175. The predicted molar refractivity (Wildman–Crippen MR) is 76.0 cm³/mol. The molecule has 0 saturated carbocycles. The molecule has 0 amide bonds. The summed E-state index contributed by atoms with van der Waals surface area (Å²) in [6, 6.07) is 0.140. The summed E-state index contributed by atoms with van der Waals surface area (Å²) in [5.41, 5.74) is 5.53. The van der Waals surface area contributed by atoms with E-state index in [1.54, 1.807) is 8.61 Å². The van der Waals surface area contributed by atoms with Crippen LogP contribution in [0.4, 0.5) is 0 Å². The van der Waals surface area contributed by atoms with Gasteiger partial charge in [-0.05, 0) is 19.8 Å². The van der Waals surface area contributed by atoms with Crippen molar-refractivity contribution in [2.75, 3.05) is 45.8 Å². The predicted octanol–water partition coefficient (Wildman–Crippen LogP) is -0.318. The summed E-state index contributed by atoms with van der Waals surface area (Å²) in [5, 5.41) is 0. The SMILES string of the molecule is CC1CCCCN1S(=O)(=O)N1CCN(CCN)CC1. The standard InChI is InChI=1S/C12H26N4O2S/c1-12-4-2-3-6-16(12)19(17,18)15-10-8-14(7-5-13)9-11-15/h12H,2-11,13H2,1H3. The third-order valence-corrected chi connectivity index (χ3v) is 6.29. The molecule has 2 saturated heterocycles. The van der Waals surface area contributed by atoms with Crippen LogP contribution in [0.3, 0.4) is 0 Å². The molecule has 0 spiro atoms. The molecule has 6 nitrogen and oxygen atoms in total. The van der Waals surface area contributed by atoms with Crippen LogP contribution in [0, 0.1) is 0 Å². The summed E-state index contributed by atoms with van der Waals surface area (Å²) in [7, 11) is -3.26. The molecule has 2 N–H and O–H groups in total. The molecule has 7 heteroatoms. The molecule has 0 aromatic rings. The zero-order valence-corrected chi connectivity index (χ0v) is 12.6. The van der Waals surface area contributed by atoms with E-state index >= 15 is 0 Å². The normalized spacial score (nSPS) is 28.6. The van der Waals surface area contributed by atoms with E-state index in [-0.39, 0.29) is 6.04 Å². The van der Waals surface area contributed by atoms with Crippen molar-refractivity contribution in [3.63, 3.8) is 0 Å². The van der Waals surface area contributed by atoms with Gasteiger partial charge in [0, 0.05) is 51.9 Å². The second-order valence-electron chi connectivity index (χ2n) is 5.49. The monoisotopic (exact) mass is 290 g/mol. The van der Waals surface area contributed by atoms with Crippen LogP contribution in [0.2, 0.25) is 0 Å². The van der Waals surface area contributed by atoms with Gasteiger partial charge >= 0.3 is 0 Å². The third-order valence-electron chi connectivity index (χ3n) is 4.14. The van der Waals surface area contributed by atoms with Gasteiger partial charge in [0.2, 0.25) is 0 Å². The summed E-state index contributed by atoms with van der Waals surface area (Å²) in [4.78, 5) is 2.23. The van der Waals surface area contributed by atoms with Crippen LogP contribution in [0.1, 0.15) is 26.2 Å². The Labute approximate surface area is 116 Å². The van der Waals surface area contributed by atoms with Crippen LogP contribution in [0.5, 0.6) is 0 Å². The first-order valence-corrected chi connectivity index (χ1v) is 8.64. The maximum absolute atomic E-state index is 12.6. The minimum Gasteiger partial charge on any atom is -0.329 e. The zero-order valence-electron chi connectivity index (χ0n) is 11.8. The Morgan fingerprint density at radius 1 is 1.11 bits per heavy atom. The fraction of sp³-hybridized carbons (Fsp3) is 1.00. The van der Waals surface area contributed by atoms with E-state index in [0.717, 1.165) is 38.9 Å². The molecule has 1 atom stereocenters. The van der Waals surface area contributed by atoms with Crippen molar-refractivity contribution in [1.29, 1.82) is 0 Å². The Kier molecular flexibility index (Phi) is 5.19. The van der Waals surface area contributed by atoms with Crippen molar-refractivity contribution in [1.82, 2.24) is 13.5 Å². The first-order valence-electron chi connectivity index (χ1n) is 7.25. The van der Waals surface area contributed by atoms with E-state index < -0.39 is 10.2 Å². The highest BCUT2D eigenvalue weighted by Gasteiger charge is 2.35. The number of piperidine rings is 1. The molecule has 19 heavy (non-hydrogen) atoms. The third kappa shape index (κ3) is 3.46. The van der Waals surface area contributed by atoms with Gasteiger partial charge in [-0.3, -0.25) is 4.90 Å². The van der Waals surface area contributed by atoms with Crippen molar-refractivity contribution < 1.29 is 8.42 Å². The van der Waals surface area contributed by atoms with Crippen LogP contribution in [-0.2, 0) is 10.2 Å². The van der Waals surface area contributed by atoms with Gasteiger partial charge in [0.1, 0.15) is 0 Å². The van der Waals surface area contributed by atoms with Crippen LogP contribution < -0.4 is 5.73 Å². The van der Waals surface area contributed by atoms with E-state index in [9.17, 15) is 8.42 Å². The highest BCUT2D eigenvalue weighted by atomic mass is 32.2. The van der Waals surface area contributed by atoms with Crippen LogP contribution in [0.15, 0.2) is 0 Å². The highest BCUT2D eigenvalue weighted by Crippen LogP contribution is 2.22. The summed E-state index contributed by atoms with van der Waals surface area (Å²) in [6.45, 7) is 6.94. The Morgan fingerprint density at radius 3 is 2.37 bits per heavy atom. The molecule has 0 radical (unpaired) electrons. The van der Waals surface area contributed by atoms with Crippen LogP contribution in [0.25, 0.3) is 0 Å². The van der Waals surface area contributed by atoms with Gasteiger partial charge in [0.25, 0.3) is 10.2 Å². The molecule has 0 aliphatic carbocycles. The van der Waals surface area contributed by atoms with Crippen LogP contribution in [-0.4, -0.2) is 73.8 Å². The van der Waals surface area contributed by atoms with Gasteiger partial charge in [-0.15, -0.1) is 0 Å². The summed E-state index contributed by atoms with van der Waals surface area (Å²) in [6.07, 6.45) is 3.10. The Bertz CT molecular complexity index is 379. The number of rotatable bonds is 4. The minimum atomic E-state index is -3.26. The summed E-state index contributed by atoms with van der Waals surface area (Å²) in [5.74, 6) is 0. The van der Waals surface area contributed by atoms with Gasteiger partial charge in [-0.1, -0.05) is 6.42 Å². The molecule has 2 fully saturated rings. The Hall–Kier alpha value is -0.210. The molecule has 2 aliphatic rings. The van der Waals surface area contributed by atoms with Gasteiger partial charge in [-0.25, -0.2) is 0 Å². The summed E-state index contributed by atoms with van der Waals surface area (Å²) < 4.78 is 28.6. The van der Waals surface area contributed by atoms with E-state index in [1.807, 2.05) is 6.92 Å². The number of nitrogens with two attached hydrogens (primary N) is 1. The fourth-order valence-electron chi connectivity index (χ4n) is 2.93. The van der Waals surface area contributed by atoms with Gasteiger partial charge in [0.15, 0.2) is 0 Å². The van der Waals surface area contributed by atoms with Crippen molar-refractivity contribution in [3.05, 3.63) is 0 Å². The molecule has 2 aliphatic heterocycles. The lowest BCUT2D eigenvalue weighted by Crippen LogP contribution is -2.55. The summed E-state index contributed by atoms with van der Waals surface area (Å²) >= 11 is 0. The molecule has 112 valence electrons. The zero-order chi connectivity index (χ0) is 13.9. The van der Waals surface area contributed by atoms with E-state index in [1.165, 1.54) is 0 Å². The van der Waals surface area contributed by atoms with E-state index in [4.69, 9.17) is 5.73 Å². The first-order chi connectivity index (χ1) is 9.05. The van der Waals surface area contributed by atoms with Gasteiger partial charge < -0.3 is 5.73 Å².